The van der Waals surface area contributed by atoms with Crippen LogP contribution in [0, 0.1) is 0 Å². The Balaban J connectivity index is 2.34. The first-order valence-corrected chi connectivity index (χ1v) is 11.6. The minimum absolute atomic E-state index is 0.0258. The molecule has 0 aliphatic heterocycles. The number of amides is 1. The van der Waals surface area contributed by atoms with Crippen LogP contribution in [0.4, 0.5) is 0 Å². The predicted octanol–water partition coefficient (Wildman–Crippen LogP) is 7.25. The molecule has 4 nitrogen and oxygen atoms in total. The van der Waals surface area contributed by atoms with Crippen molar-refractivity contribution in [2.45, 2.75) is 60.6 Å². The van der Waals surface area contributed by atoms with E-state index in [9.17, 15) is 4.79 Å². The summed E-state index contributed by atoms with van der Waals surface area (Å²) >= 11 is 7.63. The van der Waals surface area contributed by atoms with Gasteiger partial charge in [-0.2, -0.15) is 0 Å². The Kier molecular flexibility index (Phi) is 9.66. The van der Waals surface area contributed by atoms with Crippen LogP contribution in [0.3, 0.4) is 0 Å². The van der Waals surface area contributed by atoms with Gasteiger partial charge >= 0.3 is 0 Å². The first kappa shape index (κ1) is 25.0. The number of carbonyl (C=O) groups is 1. The average molecular weight is 459 g/mol. The van der Waals surface area contributed by atoms with Gasteiger partial charge in [0.15, 0.2) is 0 Å². The molecular formula is C25H31ClN2O2S. The lowest BCUT2D eigenvalue weighted by molar-refractivity contribution is 0.0945. The molecule has 0 radical (unpaired) electrons. The highest BCUT2D eigenvalue weighted by atomic mass is 35.5. The van der Waals surface area contributed by atoms with Gasteiger partial charge in [-0.3, -0.25) is 9.78 Å². The van der Waals surface area contributed by atoms with Crippen LogP contribution in [0.25, 0.3) is 4.91 Å². The van der Waals surface area contributed by atoms with E-state index in [2.05, 4.69) is 37.1 Å². The molecule has 1 amide bonds. The summed E-state index contributed by atoms with van der Waals surface area (Å²) in [6.07, 6.45) is 4.73. The molecule has 166 valence electrons. The first-order valence-electron chi connectivity index (χ1n) is 10.4. The van der Waals surface area contributed by atoms with Crippen molar-refractivity contribution in [3.05, 3.63) is 74.9 Å². The van der Waals surface area contributed by atoms with Gasteiger partial charge in [0, 0.05) is 34.3 Å². The van der Waals surface area contributed by atoms with Gasteiger partial charge < -0.3 is 10.1 Å². The van der Waals surface area contributed by atoms with Crippen LogP contribution in [0.2, 0.25) is 5.02 Å². The van der Waals surface area contributed by atoms with Gasteiger partial charge in [-0.15, -0.1) is 0 Å². The molecular weight excluding hydrogens is 428 g/mol. The van der Waals surface area contributed by atoms with Crippen molar-refractivity contribution in [1.29, 1.82) is 0 Å². The molecule has 2 rings (SSSR count). The summed E-state index contributed by atoms with van der Waals surface area (Å²) in [7, 11) is 0. The highest BCUT2D eigenvalue weighted by molar-refractivity contribution is 8.11. The molecule has 0 atom stereocenters. The monoisotopic (exact) mass is 458 g/mol. The van der Waals surface area contributed by atoms with Crippen LogP contribution in [0.5, 0.6) is 5.75 Å². The summed E-state index contributed by atoms with van der Waals surface area (Å²) in [6.45, 7) is 12.7. The summed E-state index contributed by atoms with van der Waals surface area (Å²) in [4.78, 5) is 19.5. The van der Waals surface area contributed by atoms with Gasteiger partial charge in [-0.1, -0.05) is 54.1 Å². The number of thioether (sulfide) groups is 1. The minimum atomic E-state index is -0.245. The maximum atomic E-state index is 12.7. The fourth-order valence-corrected chi connectivity index (χ4v) is 3.86. The quantitative estimate of drug-likeness (QED) is 0.429. The molecule has 0 bridgehead atoms. The number of aromatic nitrogens is 1. The zero-order valence-corrected chi connectivity index (χ0v) is 20.7. The van der Waals surface area contributed by atoms with Crippen molar-refractivity contribution in [2.75, 3.05) is 0 Å². The molecule has 0 unspecified atom stereocenters. The molecule has 1 N–H and O–H groups in total. The number of halogens is 1. The predicted molar refractivity (Wildman–Crippen MR) is 133 cm³/mol. The summed E-state index contributed by atoms with van der Waals surface area (Å²) in [5.74, 6) is 0.422. The highest BCUT2D eigenvalue weighted by Crippen LogP contribution is 2.41. The Morgan fingerprint density at radius 1 is 1.26 bits per heavy atom. The van der Waals surface area contributed by atoms with Crippen LogP contribution in [-0.4, -0.2) is 17.0 Å². The van der Waals surface area contributed by atoms with Gasteiger partial charge in [-0.05, 0) is 63.6 Å². The minimum Gasteiger partial charge on any atom is -0.490 e. The Hall–Kier alpha value is -2.24. The number of benzene rings is 1. The Morgan fingerprint density at radius 2 is 1.94 bits per heavy atom. The van der Waals surface area contributed by atoms with Gasteiger partial charge in [0.25, 0.3) is 5.91 Å². The summed E-state index contributed by atoms with van der Waals surface area (Å²) < 4.78 is 6.10. The lowest BCUT2D eigenvalue weighted by Crippen LogP contribution is -2.24. The zero-order valence-electron chi connectivity index (χ0n) is 19.1. The first-order chi connectivity index (χ1) is 14.7. The van der Waals surface area contributed by atoms with Gasteiger partial charge in [0.1, 0.15) is 11.4 Å². The molecule has 0 spiro atoms. The second-order valence-electron chi connectivity index (χ2n) is 7.51. The summed E-state index contributed by atoms with van der Waals surface area (Å²) in [6, 6.07) is 9.12. The summed E-state index contributed by atoms with van der Waals surface area (Å²) in [5, 5.41) is 3.58. The number of ether oxygens (including phenoxy) is 1. The van der Waals surface area contributed by atoms with E-state index >= 15 is 0 Å². The van der Waals surface area contributed by atoms with Gasteiger partial charge in [0.05, 0.1) is 6.10 Å². The molecule has 0 aliphatic rings. The number of allylic oxidation sites excluding steroid dienone is 3. The van der Waals surface area contributed by atoms with Crippen molar-refractivity contribution >= 4 is 34.2 Å². The normalized spacial score (nSPS) is 12.6. The summed E-state index contributed by atoms with van der Waals surface area (Å²) in [5.41, 5.74) is 3.46. The molecule has 2 aromatic rings. The maximum Gasteiger partial charge on any atom is 0.270 e. The lowest BCUT2D eigenvalue weighted by Gasteiger charge is -2.19. The van der Waals surface area contributed by atoms with Crippen LogP contribution >= 0.6 is 23.4 Å². The SMILES string of the molecule is C/C=C(/C)SC(=C(C)CC)c1cnc(C(=O)NCc2ccc(Cl)cc2)cc1OC(C)C. The largest absolute Gasteiger partial charge is 0.490 e. The average Bonchev–Trinajstić information content (AvgIpc) is 2.75. The second-order valence-corrected chi connectivity index (χ2v) is 9.20. The third-order valence-corrected chi connectivity index (χ3v) is 6.24. The van der Waals surface area contributed by atoms with Crippen molar-refractivity contribution in [3.63, 3.8) is 0 Å². The molecule has 0 saturated carbocycles. The number of rotatable bonds is 9. The molecule has 0 saturated heterocycles. The molecule has 1 aromatic heterocycles. The van der Waals surface area contributed by atoms with Crippen molar-refractivity contribution < 1.29 is 9.53 Å². The second kappa shape index (κ2) is 12.0. The van der Waals surface area contributed by atoms with E-state index in [1.807, 2.05) is 32.9 Å². The molecule has 1 aromatic carbocycles. The van der Waals surface area contributed by atoms with E-state index in [1.54, 1.807) is 36.2 Å². The van der Waals surface area contributed by atoms with E-state index < -0.39 is 0 Å². The van der Waals surface area contributed by atoms with Crippen molar-refractivity contribution in [3.8, 4) is 5.75 Å². The van der Waals surface area contributed by atoms with Crippen molar-refractivity contribution in [1.82, 2.24) is 10.3 Å². The molecule has 0 aliphatic carbocycles. The Bertz CT molecular complexity index is 966. The topological polar surface area (TPSA) is 51.2 Å². The van der Waals surface area contributed by atoms with Gasteiger partial charge in [-0.25, -0.2) is 0 Å². The Morgan fingerprint density at radius 3 is 2.52 bits per heavy atom. The standard InChI is InChI=1S/C25H31ClN2O2S/c1-7-17(5)24(31-18(6)8-2)21-15-27-22(13-23(21)30-16(3)4)25(29)28-14-19-9-11-20(26)12-10-19/h8-13,15-16H,7,14H2,1-6H3,(H,28,29)/b18-8-,24-17?. The van der Waals surface area contributed by atoms with Crippen LogP contribution in [-0.2, 0) is 6.54 Å². The van der Waals surface area contributed by atoms with E-state index in [0.717, 1.165) is 22.5 Å². The van der Waals surface area contributed by atoms with Gasteiger partial charge in [0.2, 0.25) is 0 Å². The molecule has 31 heavy (non-hydrogen) atoms. The maximum absolute atomic E-state index is 12.7. The number of pyridine rings is 1. The molecule has 0 fully saturated rings. The molecule has 1 heterocycles. The number of hydrogen-bond donors (Lipinski definition) is 1. The van der Waals surface area contributed by atoms with Crippen LogP contribution < -0.4 is 10.1 Å². The van der Waals surface area contributed by atoms with E-state index in [-0.39, 0.29) is 12.0 Å². The number of nitrogens with zero attached hydrogens (tertiary/aromatic N) is 1. The molecule has 6 heteroatoms. The fourth-order valence-electron chi connectivity index (χ4n) is 2.71. The number of hydrogen-bond acceptors (Lipinski definition) is 4. The Labute approximate surface area is 195 Å². The van der Waals surface area contributed by atoms with Crippen LogP contribution in [0.1, 0.15) is 69.6 Å². The number of nitrogens with one attached hydrogen (secondary N) is 1. The number of carbonyl (C=O) groups excluding carboxylic acids is 1. The third-order valence-electron chi connectivity index (χ3n) is 4.66. The smallest absolute Gasteiger partial charge is 0.270 e. The fraction of sp³-hybridized carbons (Fsp3) is 0.360. The van der Waals surface area contributed by atoms with Crippen LogP contribution in [0.15, 0.2) is 53.1 Å². The third kappa shape index (κ3) is 7.44. The van der Waals surface area contributed by atoms with E-state index in [4.69, 9.17) is 16.3 Å². The van der Waals surface area contributed by atoms with E-state index in [1.165, 1.54) is 10.5 Å². The zero-order chi connectivity index (χ0) is 23.0. The van der Waals surface area contributed by atoms with E-state index in [0.29, 0.717) is 23.0 Å². The highest BCUT2D eigenvalue weighted by Gasteiger charge is 2.18. The lowest BCUT2D eigenvalue weighted by atomic mass is 10.1. The van der Waals surface area contributed by atoms with Crippen molar-refractivity contribution in [2.24, 2.45) is 0 Å².